The van der Waals surface area contributed by atoms with Crippen LogP contribution < -0.4 is 10.6 Å². The molecule has 0 spiro atoms. The van der Waals surface area contributed by atoms with E-state index in [1.165, 1.54) is 23.8 Å². The SMILES string of the molecule is CO/N=C(/C(=O)N[C@@H]1C(=O)N2C(C(=O)OCOC(=O)C(C)(C)C)C(C)=CS[C@H]12)c1csc(NCO)n1. The fraction of sp³-hybridized carbons (Fsp3) is 0.524. The number of thiazole rings is 1. The minimum absolute atomic E-state index is 0.157. The van der Waals surface area contributed by atoms with Crippen LogP contribution in [0.3, 0.4) is 0 Å². The van der Waals surface area contributed by atoms with Gasteiger partial charge in [0.25, 0.3) is 5.91 Å². The molecule has 15 heteroatoms. The molecule has 0 aromatic carbocycles. The molecule has 1 aromatic rings. The van der Waals surface area contributed by atoms with Gasteiger partial charge in [-0.2, -0.15) is 0 Å². The predicted octanol–water partition coefficient (Wildman–Crippen LogP) is 0.618. The first-order valence-electron chi connectivity index (χ1n) is 10.7. The van der Waals surface area contributed by atoms with E-state index in [1.807, 2.05) is 0 Å². The Kier molecular flexibility index (Phi) is 8.58. The highest BCUT2D eigenvalue weighted by molar-refractivity contribution is 8.02. The van der Waals surface area contributed by atoms with Gasteiger partial charge in [-0.3, -0.25) is 14.4 Å². The number of hydrogen-bond acceptors (Lipinski definition) is 13. The van der Waals surface area contributed by atoms with Crippen LogP contribution in [-0.4, -0.2) is 82.5 Å². The number of oxime groups is 1. The molecule has 0 aliphatic carbocycles. The second-order valence-corrected chi connectivity index (χ2v) is 10.6. The van der Waals surface area contributed by atoms with Crippen molar-refractivity contribution >= 4 is 57.7 Å². The lowest BCUT2D eigenvalue weighted by atomic mass is 9.98. The molecule has 13 nitrogen and oxygen atoms in total. The van der Waals surface area contributed by atoms with E-state index in [-0.39, 0.29) is 18.1 Å². The summed E-state index contributed by atoms with van der Waals surface area (Å²) in [5, 5.41) is 21.0. The van der Waals surface area contributed by atoms with Gasteiger partial charge in [-0.1, -0.05) is 5.16 Å². The van der Waals surface area contributed by atoms with Crippen LogP contribution in [0.2, 0.25) is 0 Å². The Bertz CT molecular complexity index is 1100. The lowest BCUT2D eigenvalue weighted by Crippen LogP contribution is -2.74. The van der Waals surface area contributed by atoms with Crippen molar-refractivity contribution in [2.75, 3.05) is 26.0 Å². The Labute approximate surface area is 215 Å². The third-order valence-corrected chi connectivity index (χ3v) is 7.16. The molecule has 1 fully saturated rings. The first-order chi connectivity index (χ1) is 17.0. The third-order valence-electron chi connectivity index (χ3n) is 5.07. The number of hydrogen-bond donors (Lipinski definition) is 3. The number of anilines is 1. The number of amides is 2. The molecule has 2 amide bonds. The smallest absolute Gasteiger partial charge is 0.336 e. The zero-order valence-electron chi connectivity index (χ0n) is 20.3. The lowest BCUT2D eigenvalue weighted by Gasteiger charge is -2.51. The number of aliphatic hydroxyl groups is 1. The Hall–Kier alpha value is -3.17. The summed E-state index contributed by atoms with van der Waals surface area (Å²) in [6.45, 7) is 5.78. The average Bonchev–Trinajstić information content (AvgIpc) is 3.28. The maximum Gasteiger partial charge on any atom is 0.336 e. The van der Waals surface area contributed by atoms with Crippen molar-refractivity contribution in [3.05, 3.63) is 22.1 Å². The fourth-order valence-electron chi connectivity index (χ4n) is 3.27. The van der Waals surface area contributed by atoms with Crippen molar-refractivity contribution in [2.24, 2.45) is 10.6 Å². The summed E-state index contributed by atoms with van der Waals surface area (Å²) in [5.74, 6) is -2.47. The monoisotopic (exact) mass is 541 g/mol. The molecular formula is C21H27N5O8S2. The van der Waals surface area contributed by atoms with Crippen molar-refractivity contribution in [2.45, 2.75) is 45.2 Å². The summed E-state index contributed by atoms with van der Waals surface area (Å²) in [4.78, 5) is 60.7. The summed E-state index contributed by atoms with van der Waals surface area (Å²) < 4.78 is 10.1. The van der Waals surface area contributed by atoms with Gasteiger partial charge >= 0.3 is 11.9 Å². The zero-order valence-corrected chi connectivity index (χ0v) is 21.9. The van der Waals surface area contributed by atoms with E-state index in [4.69, 9.17) is 19.4 Å². The van der Waals surface area contributed by atoms with Crippen LogP contribution in [0.15, 0.2) is 21.5 Å². The average molecular weight is 542 g/mol. The Morgan fingerprint density at radius 1 is 1.28 bits per heavy atom. The molecule has 3 rings (SSSR count). The quantitative estimate of drug-likeness (QED) is 0.132. The highest BCUT2D eigenvalue weighted by Crippen LogP contribution is 2.40. The van der Waals surface area contributed by atoms with E-state index >= 15 is 0 Å². The van der Waals surface area contributed by atoms with Crippen LogP contribution in [0.25, 0.3) is 0 Å². The Morgan fingerprint density at radius 3 is 2.64 bits per heavy atom. The van der Waals surface area contributed by atoms with E-state index in [2.05, 4.69) is 20.8 Å². The first kappa shape index (κ1) is 27.4. The van der Waals surface area contributed by atoms with E-state index in [9.17, 15) is 19.2 Å². The molecule has 2 aliphatic rings. The van der Waals surface area contributed by atoms with Crippen LogP contribution in [-0.2, 0) is 33.5 Å². The third kappa shape index (κ3) is 5.79. The molecule has 3 heterocycles. The van der Waals surface area contributed by atoms with E-state index in [1.54, 1.807) is 38.5 Å². The number of thioether (sulfide) groups is 1. The van der Waals surface area contributed by atoms with E-state index < -0.39 is 53.4 Å². The number of nitrogens with one attached hydrogen (secondary N) is 2. The van der Waals surface area contributed by atoms with Gasteiger partial charge in [0.15, 0.2) is 16.9 Å². The van der Waals surface area contributed by atoms with Gasteiger partial charge in [0.2, 0.25) is 12.7 Å². The molecule has 196 valence electrons. The number of fused-ring (bicyclic) bond motifs is 1. The minimum Gasteiger partial charge on any atom is -0.427 e. The normalized spacial score (nSPS) is 21.6. The number of carbonyl (C=O) groups is 4. The molecular weight excluding hydrogens is 514 g/mol. The molecule has 0 radical (unpaired) electrons. The van der Waals surface area contributed by atoms with Gasteiger partial charge < -0.3 is 35.0 Å². The molecule has 3 N–H and O–H groups in total. The van der Waals surface area contributed by atoms with Crippen molar-refractivity contribution in [1.29, 1.82) is 0 Å². The van der Waals surface area contributed by atoms with Crippen molar-refractivity contribution in [3.63, 3.8) is 0 Å². The number of aromatic nitrogens is 1. The van der Waals surface area contributed by atoms with Gasteiger partial charge in [-0.25, -0.2) is 9.78 Å². The van der Waals surface area contributed by atoms with Gasteiger partial charge in [-0.15, -0.1) is 23.1 Å². The molecule has 3 atom stereocenters. The second-order valence-electron chi connectivity index (χ2n) is 8.75. The van der Waals surface area contributed by atoms with Crippen molar-refractivity contribution in [1.82, 2.24) is 15.2 Å². The van der Waals surface area contributed by atoms with Crippen LogP contribution in [0, 0.1) is 5.41 Å². The maximum absolute atomic E-state index is 13.0. The zero-order chi connectivity index (χ0) is 26.6. The van der Waals surface area contributed by atoms with Gasteiger partial charge in [0.1, 0.15) is 31.0 Å². The molecule has 0 bridgehead atoms. The second kappa shape index (κ2) is 11.3. The van der Waals surface area contributed by atoms with Gasteiger partial charge in [0, 0.05) is 5.38 Å². The number of rotatable bonds is 9. The summed E-state index contributed by atoms with van der Waals surface area (Å²) in [6.07, 6.45) is 0. The highest BCUT2D eigenvalue weighted by atomic mass is 32.2. The minimum atomic E-state index is -1.01. The summed E-state index contributed by atoms with van der Waals surface area (Å²) in [7, 11) is 1.27. The topological polar surface area (TPSA) is 169 Å². The molecule has 1 saturated heterocycles. The molecule has 1 unspecified atom stereocenters. The number of aliphatic hydroxyl groups excluding tert-OH is 1. The van der Waals surface area contributed by atoms with Crippen LogP contribution in [0.1, 0.15) is 33.4 Å². The number of esters is 2. The van der Waals surface area contributed by atoms with E-state index in [0.717, 1.165) is 11.3 Å². The number of β-lactam (4-membered cyclic amide) rings is 1. The van der Waals surface area contributed by atoms with Crippen LogP contribution in [0.5, 0.6) is 0 Å². The number of nitrogens with zero attached hydrogens (tertiary/aromatic N) is 3. The molecule has 2 aliphatic heterocycles. The van der Waals surface area contributed by atoms with Crippen LogP contribution >= 0.6 is 23.1 Å². The fourth-order valence-corrected chi connectivity index (χ4v) is 5.14. The van der Waals surface area contributed by atoms with E-state index in [0.29, 0.717) is 10.7 Å². The Morgan fingerprint density at radius 2 is 2.00 bits per heavy atom. The molecule has 1 aromatic heterocycles. The standard InChI is InChI=1S/C21H27N5O8S2/c1-10-6-35-17-13(24-15(28)12(25-32-5)11-7-36-20(23-11)22-8-27)16(29)26(17)14(10)18(30)33-9-34-19(31)21(2,3)4/h6-7,13-14,17,27H,8-9H2,1-5H3,(H,22,23)(H,24,28)/b25-12+/t13-,14?,17-/m1/s1. The summed E-state index contributed by atoms with van der Waals surface area (Å²) in [5.41, 5.74) is -0.143. The highest BCUT2D eigenvalue weighted by Gasteiger charge is 2.56. The Balaban J connectivity index is 1.66. The van der Waals surface area contributed by atoms with Crippen molar-refractivity contribution in [3.8, 4) is 0 Å². The van der Waals surface area contributed by atoms with Gasteiger partial charge in [-0.05, 0) is 38.7 Å². The predicted molar refractivity (Wildman–Crippen MR) is 131 cm³/mol. The largest absolute Gasteiger partial charge is 0.427 e. The summed E-state index contributed by atoms with van der Waals surface area (Å²) in [6, 6.07) is -1.94. The van der Waals surface area contributed by atoms with Gasteiger partial charge in [0.05, 0.1) is 5.41 Å². The lowest BCUT2D eigenvalue weighted by molar-refractivity contribution is -0.179. The molecule has 36 heavy (non-hydrogen) atoms. The first-order valence-corrected chi connectivity index (χ1v) is 12.5. The summed E-state index contributed by atoms with van der Waals surface area (Å²) >= 11 is 2.42. The number of carbonyl (C=O) groups excluding carboxylic acids is 4. The van der Waals surface area contributed by atoms with Crippen molar-refractivity contribution < 1.29 is 38.6 Å². The number of ether oxygens (including phenoxy) is 2. The van der Waals surface area contributed by atoms with Crippen LogP contribution in [0.4, 0.5) is 5.13 Å². The molecule has 0 saturated carbocycles. The maximum atomic E-state index is 13.0.